The van der Waals surface area contributed by atoms with Crippen molar-refractivity contribution >= 4 is 0 Å². The Balaban J connectivity index is 2.44. The van der Waals surface area contributed by atoms with Gasteiger partial charge in [0, 0.05) is 5.92 Å². The van der Waals surface area contributed by atoms with Crippen molar-refractivity contribution in [2.24, 2.45) is 5.92 Å². The fourth-order valence-electron chi connectivity index (χ4n) is 1.37. The molecule has 0 spiro atoms. The molecule has 1 rings (SSSR count). The highest BCUT2D eigenvalue weighted by Crippen LogP contribution is 2.23. The first-order valence-electron chi connectivity index (χ1n) is 4.35. The third-order valence-electron chi connectivity index (χ3n) is 2.33. The summed E-state index contributed by atoms with van der Waals surface area (Å²) in [5, 5.41) is 8.28. The van der Waals surface area contributed by atoms with Gasteiger partial charge in [-0.1, -0.05) is 30.2 Å². The zero-order chi connectivity index (χ0) is 8.97. The van der Waals surface area contributed by atoms with Gasteiger partial charge >= 0.3 is 0 Å². The summed E-state index contributed by atoms with van der Waals surface area (Å²) in [7, 11) is 0. The van der Waals surface area contributed by atoms with Crippen molar-refractivity contribution in [3.8, 4) is 0 Å². The van der Waals surface area contributed by atoms with Gasteiger partial charge in [0.2, 0.25) is 0 Å². The van der Waals surface area contributed by atoms with Crippen LogP contribution in [0.3, 0.4) is 0 Å². The average molecular weight is 168 g/mol. The van der Waals surface area contributed by atoms with E-state index in [9.17, 15) is 0 Å². The van der Waals surface area contributed by atoms with Crippen molar-refractivity contribution in [1.29, 1.82) is 0 Å². The van der Waals surface area contributed by atoms with Gasteiger partial charge in [0.05, 0.1) is 6.61 Å². The number of hydrogen-bond donors (Lipinski definition) is 1. The molecule has 12 heavy (non-hydrogen) atoms. The first-order valence-corrected chi connectivity index (χ1v) is 4.35. The van der Waals surface area contributed by atoms with E-state index in [1.54, 1.807) is 0 Å². The van der Waals surface area contributed by atoms with Crippen molar-refractivity contribution in [1.82, 2.24) is 0 Å². The highest BCUT2D eigenvalue weighted by molar-refractivity contribution is 5.21. The summed E-state index contributed by atoms with van der Waals surface area (Å²) >= 11 is 0. The Morgan fingerprint density at radius 3 is 2.75 bits per heavy atom. The Labute approximate surface area is 73.5 Å². The quantitative estimate of drug-likeness (QED) is 0.399. The van der Waals surface area contributed by atoms with Gasteiger partial charge in [-0.25, -0.2) is 4.89 Å². The van der Waals surface area contributed by atoms with Crippen LogP contribution in [0, 0.1) is 5.92 Å². The predicted octanol–water partition coefficient (Wildman–Crippen LogP) is 2.78. The molecular formula is C10H16O2. The molecule has 0 aromatic heterocycles. The lowest BCUT2D eigenvalue weighted by Gasteiger charge is -2.16. The highest BCUT2D eigenvalue weighted by atomic mass is 17.1. The SMILES string of the molecule is CC1=CCC(C(C)COO)=CC1. The van der Waals surface area contributed by atoms with Crippen LogP contribution >= 0.6 is 0 Å². The van der Waals surface area contributed by atoms with Crippen LogP contribution in [-0.4, -0.2) is 11.9 Å². The third kappa shape index (κ3) is 2.47. The Kier molecular flexibility index (Phi) is 3.50. The molecule has 1 unspecified atom stereocenters. The molecule has 0 aliphatic heterocycles. The molecule has 0 saturated carbocycles. The van der Waals surface area contributed by atoms with E-state index in [4.69, 9.17) is 5.26 Å². The molecule has 0 heterocycles. The Hall–Kier alpha value is -0.600. The lowest BCUT2D eigenvalue weighted by Crippen LogP contribution is -2.08. The molecule has 68 valence electrons. The maximum Gasteiger partial charge on any atom is 0.0882 e. The summed E-state index contributed by atoms with van der Waals surface area (Å²) in [4.78, 5) is 4.12. The van der Waals surface area contributed by atoms with Crippen molar-refractivity contribution in [3.63, 3.8) is 0 Å². The maximum absolute atomic E-state index is 8.28. The molecule has 0 fully saturated rings. The maximum atomic E-state index is 8.28. The molecule has 0 radical (unpaired) electrons. The third-order valence-corrected chi connectivity index (χ3v) is 2.33. The van der Waals surface area contributed by atoms with E-state index in [1.807, 2.05) is 0 Å². The molecule has 1 aliphatic carbocycles. The number of allylic oxidation sites excluding steroid dienone is 3. The van der Waals surface area contributed by atoms with Crippen LogP contribution in [0.25, 0.3) is 0 Å². The number of rotatable bonds is 3. The van der Waals surface area contributed by atoms with E-state index in [1.165, 1.54) is 11.1 Å². The van der Waals surface area contributed by atoms with Crippen LogP contribution in [0.15, 0.2) is 23.3 Å². The van der Waals surface area contributed by atoms with Crippen molar-refractivity contribution in [3.05, 3.63) is 23.3 Å². The first kappa shape index (κ1) is 9.49. The van der Waals surface area contributed by atoms with E-state index in [0.29, 0.717) is 12.5 Å². The fourth-order valence-corrected chi connectivity index (χ4v) is 1.37. The Bertz CT molecular complexity index is 204. The molecule has 0 aromatic carbocycles. The molecular weight excluding hydrogens is 152 g/mol. The number of hydrogen-bond acceptors (Lipinski definition) is 2. The minimum Gasteiger partial charge on any atom is -0.252 e. The van der Waals surface area contributed by atoms with Gasteiger partial charge in [-0.2, -0.15) is 0 Å². The standard InChI is InChI=1S/C10H16O2/c1-8-3-5-10(6-4-8)9(2)7-12-11/h3,6,9,11H,4-5,7H2,1-2H3. The zero-order valence-corrected chi connectivity index (χ0v) is 7.71. The predicted molar refractivity (Wildman–Crippen MR) is 48.8 cm³/mol. The molecule has 0 amide bonds. The van der Waals surface area contributed by atoms with Crippen LogP contribution in [0.4, 0.5) is 0 Å². The van der Waals surface area contributed by atoms with Crippen LogP contribution in [-0.2, 0) is 4.89 Å². The summed E-state index contributed by atoms with van der Waals surface area (Å²) in [5.74, 6) is 0.333. The van der Waals surface area contributed by atoms with Crippen molar-refractivity contribution < 1.29 is 10.1 Å². The molecule has 2 nitrogen and oxygen atoms in total. The average Bonchev–Trinajstić information content (AvgIpc) is 2.06. The smallest absolute Gasteiger partial charge is 0.0882 e. The zero-order valence-electron chi connectivity index (χ0n) is 7.71. The highest BCUT2D eigenvalue weighted by Gasteiger charge is 2.10. The van der Waals surface area contributed by atoms with Gasteiger partial charge in [-0.05, 0) is 19.8 Å². The van der Waals surface area contributed by atoms with Crippen LogP contribution in [0.5, 0.6) is 0 Å². The van der Waals surface area contributed by atoms with E-state index < -0.39 is 0 Å². The summed E-state index contributed by atoms with van der Waals surface area (Å²) < 4.78 is 0. The summed E-state index contributed by atoms with van der Waals surface area (Å²) in [6.45, 7) is 4.61. The minimum absolute atomic E-state index is 0.333. The van der Waals surface area contributed by atoms with E-state index in [-0.39, 0.29) is 0 Å². The largest absolute Gasteiger partial charge is 0.252 e. The second-order valence-electron chi connectivity index (χ2n) is 3.43. The molecule has 2 heteroatoms. The monoisotopic (exact) mass is 168 g/mol. The molecule has 1 atom stereocenters. The van der Waals surface area contributed by atoms with Gasteiger partial charge in [0.1, 0.15) is 0 Å². The molecule has 1 aliphatic rings. The summed E-state index contributed by atoms with van der Waals surface area (Å²) in [6, 6.07) is 0. The second-order valence-corrected chi connectivity index (χ2v) is 3.43. The van der Waals surface area contributed by atoms with Gasteiger partial charge < -0.3 is 0 Å². The normalized spacial score (nSPS) is 19.9. The van der Waals surface area contributed by atoms with E-state index in [0.717, 1.165) is 12.8 Å². The molecule has 0 aromatic rings. The van der Waals surface area contributed by atoms with Gasteiger partial charge in [0.25, 0.3) is 0 Å². The second kappa shape index (κ2) is 4.43. The van der Waals surface area contributed by atoms with Crippen molar-refractivity contribution in [2.45, 2.75) is 26.7 Å². The first-order chi connectivity index (χ1) is 5.74. The van der Waals surface area contributed by atoms with E-state index >= 15 is 0 Å². The van der Waals surface area contributed by atoms with Crippen LogP contribution in [0.2, 0.25) is 0 Å². The van der Waals surface area contributed by atoms with Gasteiger partial charge in [-0.3, -0.25) is 5.26 Å². The molecule has 0 bridgehead atoms. The van der Waals surface area contributed by atoms with Crippen LogP contribution in [0.1, 0.15) is 26.7 Å². The minimum atomic E-state index is 0.333. The lowest BCUT2D eigenvalue weighted by molar-refractivity contribution is -0.247. The van der Waals surface area contributed by atoms with E-state index in [2.05, 4.69) is 30.9 Å². The Morgan fingerprint density at radius 2 is 2.25 bits per heavy atom. The lowest BCUT2D eigenvalue weighted by atomic mass is 9.92. The molecule has 0 saturated heterocycles. The van der Waals surface area contributed by atoms with Crippen molar-refractivity contribution in [2.75, 3.05) is 6.61 Å². The van der Waals surface area contributed by atoms with Gasteiger partial charge in [0.15, 0.2) is 0 Å². The summed E-state index contributed by atoms with van der Waals surface area (Å²) in [5.41, 5.74) is 2.80. The Morgan fingerprint density at radius 1 is 1.50 bits per heavy atom. The fraction of sp³-hybridized carbons (Fsp3) is 0.600. The topological polar surface area (TPSA) is 29.5 Å². The summed E-state index contributed by atoms with van der Waals surface area (Å²) in [6.07, 6.45) is 6.53. The molecule has 1 N–H and O–H groups in total. The van der Waals surface area contributed by atoms with Gasteiger partial charge in [-0.15, -0.1) is 0 Å². The van der Waals surface area contributed by atoms with Crippen LogP contribution < -0.4 is 0 Å².